The topological polar surface area (TPSA) is 37.4 Å². The minimum Gasteiger partial charge on any atom is -0.207 e. The van der Waals surface area contributed by atoms with Gasteiger partial charge < -0.3 is 0 Å². The van der Waals surface area contributed by atoms with Crippen LogP contribution in [0.15, 0.2) is 29.2 Å². The van der Waals surface area contributed by atoms with E-state index < -0.39 is 15.8 Å². The monoisotopic (exact) mass is 245 g/mol. The van der Waals surface area contributed by atoms with Gasteiger partial charge in [-0.15, -0.1) is 0 Å². The van der Waals surface area contributed by atoms with Crippen molar-refractivity contribution in [2.24, 2.45) is 5.92 Å². The summed E-state index contributed by atoms with van der Waals surface area (Å²) in [4.78, 5) is -0.266. The Balaban J connectivity index is 3.08. The molecule has 0 unspecified atom stereocenters. The van der Waals surface area contributed by atoms with Crippen molar-refractivity contribution >= 4 is 10.0 Å². The quantitative estimate of drug-likeness (QED) is 0.814. The van der Waals surface area contributed by atoms with Gasteiger partial charge in [-0.2, -0.15) is 0 Å². The van der Waals surface area contributed by atoms with Crippen LogP contribution in [-0.2, 0) is 10.0 Å². The molecule has 0 bridgehead atoms. The van der Waals surface area contributed by atoms with Crippen LogP contribution in [0, 0.1) is 11.7 Å². The molecule has 16 heavy (non-hydrogen) atoms. The summed E-state index contributed by atoms with van der Waals surface area (Å²) >= 11 is 0. The predicted molar refractivity (Wildman–Crippen MR) is 61.1 cm³/mol. The molecule has 0 amide bonds. The lowest BCUT2D eigenvalue weighted by atomic mass is 10.2. The summed E-state index contributed by atoms with van der Waals surface area (Å²) in [5, 5.41) is 0. The molecule has 0 radical (unpaired) electrons. The predicted octanol–water partition coefficient (Wildman–Crippen LogP) is 2.10. The minimum absolute atomic E-state index is 0.201. The largest absolute Gasteiger partial charge is 0.245 e. The normalized spacial score (nSPS) is 12.4. The van der Waals surface area contributed by atoms with E-state index in [-0.39, 0.29) is 10.8 Å². The Morgan fingerprint density at radius 3 is 2.38 bits per heavy atom. The fourth-order valence-electron chi connectivity index (χ4n) is 1.43. The SMILES string of the molecule is CC(C)CN(C)S(=O)(=O)c1ccccc1F. The van der Waals surface area contributed by atoms with Crippen molar-refractivity contribution in [3.8, 4) is 0 Å². The molecule has 1 aromatic carbocycles. The van der Waals surface area contributed by atoms with E-state index in [0.29, 0.717) is 6.54 Å². The fraction of sp³-hybridized carbons (Fsp3) is 0.455. The van der Waals surface area contributed by atoms with E-state index in [1.165, 1.54) is 29.6 Å². The molecule has 5 heteroatoms. The summed E-state index contributed by atoms with van der Waals surface area (Å²) in [6.45, 7) is 4.19. The van der Waals surface area contributed by atoms with Gasteiger partial charge in [0.05, 0.1) is 0 Å². The number of sulfonamides is 1. The molecule has 0 aliphatic carbocycles. The second-order valence-corrected chi connectivity index (χ2v) is 6.12. The van der Waals surface area contributed by atoms with E-state index in [2.05, 4.69) is 0 Å². The summed E-state index contributed by atoms with van der Waals surface area (Å²) in [5.41, 5.74) is 0. The van der Waals surface area contributed by atoms with Crippen molar-refractivity contribution in [3.63, 3.8) is 0 Å². The third-order valence-electron chi connectivity index (χ3n) is 2.15. The van der Waals surface area contributed by atoms with Gasteiger partial charge in [-0.25, -0.2) is 17.1 Å². The fourth-order valence-corrected chi connectivity index (χ4v) is 2.83. The van der Waals surface area contributed by atoms with Crippen LogP contribution < -0.4 is 0 Å². The van der Waals surface area contributed by atoms with Gasteiger partial charge >= 0.3 is 0 Å². The van der Waals surface area contributed by atoms with E-state index >= 15 is 0 Å². The molecule has 1 aromatic rings. The molecular formula is C11H16FNO2S. The Morgan fingerprint density at radius 2 is 1.88 bits per heavy atom. The van der Waals surface area contributed by atoms with Crippen LogP contribution in [0.3, 0.4) is 0 Å². The van der Waals surface area contributed by atoms with Crippen molar-refractivity contribution in [1.29, 1.82) is 0 Å². The number of halogens is 1. The summed E-state index contributed by atoms with van der Waals surface area (Å²) in [7, 11) is -2.25. The van der Waals surface area contributed by atoms with Crippen LogP contribution in [0.4, 0.5) is 4.39 Å². The number of hydrogen-bond donors (Lipinski definition) is 0. The first-order valence-corrected chi connectivity index (χ1v) is 6.50. The van der Waals surface area contributed by atoms with E-state index in [4.69, 9.17) is 0 Å². The number of rotatable bonds is 4. The molecule has 0 heterocycles. The number of benzene rings is 1. The minimum atomic E-state index is -3.71. The van der Waals surface area contributed by atoms with Crippen LogP contribution in [0.1, 0.15) is 13.8 Å². The second kappa shape index (κ2) is 4.93. The first-order chi connectivity index (χ1) is 7.35. The third kappa shape index (κ3) is 2.80. The van der Waals surface area contributed by atoms with E-state index in [9.17, 15) is 12.8 Å². The van der Waals surface area contributed by atoms with Gasteiger partial charge in [0.1, 0.15) is 10.7 Å². The molecule has 0 atom stereocenters. The average molecular weight is 245 g/mol. The smallest absolute Gasteiger partial charge is 0.207 e. The Morgan fingerprint density at radius 1 is 1.31 bits per heavy atom. The van der Waals surface area contributed by atoms with Gasteiger partial charge in [0.15, 0.2) is 0 Å². The van der Waals surface area contributed by atoms with Crippen LogP contribution >= 0.6 is 0 Å². The van der Waals surface area contributed by atoms with Gasteiger partial charge in [0, 0.05) is 13.6 Å². The molecule has 0 aliphatic heterocycles. The second-order valence-electron chi connectivity index (χ2n) is 4.11. The standard InChI is InChI=1S/C11H16FNO2S/c1-9(2)8-13(3)16(14,15)11-7-5-4-6-10(11)12/h4-7,9H,8H2,1-3H3. The van der Waals surface area contributed by atoms with Crippen LogP contribution in [-0.4, -0.2) is 26.3 Å². The third-order valence-corrected chi connectivity index (χ3v) is 4.00. The molecule has 0 aromatic heterocycles. The molecule has 3 nitrogen and oxygen atoms in total. The van der Waals surface area contributed by atoms with Crippen molar-refractivity contribution in [2.45, 2.75) is 18.7 Å². The van der Waals surface area contributed by atoms with Crippen molar-refractivity contribution < 1.29 is 12.8 Å². The lowest BCUT2D eigenvalue weighted by Crippen LogP contribution is -2.30. The summed E-state index contributed by atoms with van der Waals surface area (Å²) in [5.74, 6) is -0.510. The molecule has 0 aliphatic rings. The van der Waals surface area contributed by atoms with Crippen LogP contribution in [0.5, 0.6) is 0 Å². The highest BCUT2D eigenvalue weighted by Crippen LogP contribution is 2.18. The maximum atomic E-state index is 13.4. The molecule has 1 rings (SSSR count). The molecular weight excluding hydrogens is 229 g/mol. The van der Waals surface area contributed by atoms with E-state index in [1.807, 2.05) is 13.8 Å². The van der Waals surface area contributed by atoms with Crippen molar-refractivity contribution in [3.05, 3.63) is 30.1 Å². The zero-order valence-corrected chi connectivity index (χ0v) is 10.5. The average Bonchev–Trinajstić information content (AvgIpc) is 2.16. The number of hydrogen-bond acceptors (Lipinski definition) is 2. The highest BCUT2D eigenvalue weighted by Gasteiger charge is 2.24. The molecule has 0 saturated carbocycles. The summed E-state index contributed by atoms with van der Waals surface area (Å²) < 4.78 is 38.5. The highest BCUT2D eigenvalue weighted by atomic mass is 32.2. The van der Waals surface area contributed by atoms with Gasteiger partial charge in [0.25, 0.3) is 0 Å². The van der Waals surface area contributed by atoms with E-state index in [1.54, 1.807) is 0 Å². The Bertz CT molecular complexity index is 457. The first kappa shape index (κ1) is 13.1. The highest BCUT2D eigenvalue weighted by molar-refractivity contribution is 7.89. The molecule has 0 spiro atoms. The maximum Gasteiger partial charge on any atom is 0.245 e. The first-order valence-electron chi connectivity index (χ1n) is 5.06. The van der Waals surface area contributed by atoms with Crippen molar-refractivity contribution in [2.75, 3.05) is 13.6 Å². The van der Waals surface area contributed by atoms with Gasteiger partial charge in [-0.1, -0.05) is 26.0 Å². The molecule has 90 valence electrons. The van der Waals surface area contributed by atoms with Gasteiger partial charge in [0.2, 0.25) is 10.0 Å². The lowest BCUT2D eigenvalue weighted by molar-refractivity contribution is 0.414. The maximum absolute atomic E-state index is 13.4. The van der Waals surface area contributed by atoms with E-state index in [0.717, 1.165) is 6.07 Å². The number of nitrogens with zero attached hydrogens (tertiary/aromatic N) is 1. The zero-order valence-electron chi connectivity index (χ0n) is 9.64. The zero-order chi connectivity index (χ0) is 12.3. The molecule has 0 saturated heterocycles. The summed E-state index contributed by atoms with van der Waals surface area (Å²) in [6.07, 6.45) is 0. The summed E-state index contributed by atoms with van der Waals surface area (Å²) in [6, 6.07) is 5.41. The Labute approximate surface area is 95.9 Å². The van der Waals surface area contributed by atoms with Crippen LogP contribution in [0.2, 0.25) is 0 Å². The molecule has 0 N–H and O–H groups in total. The van der Waals surface area contributed by atoms with Crippen LogP contribution in [0.25, 0.3) is 0 Å². The Kier molecular flexibility index (Phi) is 4.04. The van der Waals surface area contributed by atoms with Crippen molar-refractivity contribution in [1.82, 2.24) is 4.31 Å². The molecule has 0 fully saturated rings. The Hall–Kier alpha value is -0.940. The van der Waals surface area contributed by atoms with Gasteiger partial charge in [-0.3, -0.25) is 0 Å². The lowest BCUT2D eigenvalue weighted by Gasteiger charge is -2.19. The van der Waals surface area contributed by atoms with Gasteiger partial charge in [-0.05, 0) is 18.1 Å².